The van der Waals surface area contributed by atoms with E-state index in [4.69, 9.17) is 4.74 Å². The number of pyridine rings is 1. The van der Waals surface area contributed by atoms with Gasteiger partial charge in [-0.25, -0.2) is 4.79 Å². The van der Waals surface area contributed by atoms with Gasteiger partial charge in [-0.15, -0.1) is 0 Å². The molecule has 2 rings (SSSR count). The van der Waals surface area contributed by atoms with Crippen molar-refractivity contribution in [1.82, 2.24) is 15.2 Å². The molecule has 0 saturated carbocycles. The zero-order valence-electron chi connectivity index (χ0n) is 13.0. The van der Waals surface area contributed by atoms with Crippen LogP contribution in [0.15, 0.2) is 48.8 Å². The van der Waals surface area contributed by atoms with Crippen LogP contribution in [0.5, 0.6) is 0 Å². The molecule has 0 fully saturated rings. The van der Waals surface area contributed by atoms with Gasteiger partial charge in [0.2, 0.25) is 0 Å². The van der Waals surface area contributed by atoms with Crippen LogP contribution in [0.25, 0.3) is 0 Å². The molecule has 5 heteroatoms. The summed E-state index contributed by atoms with van der Waals surface area (Å²) in [5, 5.41) is 2.93. The van der Waals surface area contributed by atoms with Crippen LogP contribution in [0.4, 0.5) is 4.79 Å². The summed E-state index contributed by atoms with van der Waals surface area (Å²) < 4.78 is 5.17. The summed E-state index contributed by atoms with van der Waals surface area (Å²) in [4.78, 5) is 17.8. The maximum atomic E-state index is 12.2. The molecule has 22 heavy (non-hydrogen) atoms. The number of benzene rings is 1. The highest BCUT2D eigenvalue weighted by molar-refractivity contribution is 5.73. The minimum atomic E-state index is -0.107. The van der Waals surface area contributed by atoms with Crippen LogP contribution in [0.3, 0.4) is 0 Å². The Morgan fingerprint density at radius 2 is 1.86 bits per heavy atom. The number of urea groups is 1. The molecule has 0 aliphatic carbocycles. The molecule has 1 aromatic heterocycles. The van der Waals surface area contributed by atoms with E-state index in [-0.39, 0.29) is 6.03 Å². The van der Waals surface area contributed by atoms with Crippen LogP contribution in [-0.2, 0) is 24.4 Å². The number of carbonyl (C=O) groups is 1. The van der Waals surface area contributed by atoms with Gasteiger partial charge in [-0.2, -0.15) is 0 Å². The lowest BCUT2D eigenvalue weighted by Crippen LogP contribution is -2.36. The van der Waals surface area contributed by atoms with Gasteiger partial charge >= 0.3 is 6.03 Å². The molecule has 2 aromatic rings. The number of methoxy groups -OCH3 is 1. The number of rotatable bonds is 6. The van der Waals surface area contributed by atoms with Gasteiger partial charge in [0.25, 0.3) is 0 Å². The van der Waals surface area contributed by atoms with E-state index in [1.165, 1.54) is 0 Å². The van der Waals surface area contributed by atoms with Crippen molar-refractivity contribution in [2.45, 2.75) is 19.7 Å². The Hall–Kier alpha value is -2.40. The van der Waals surface area contributed by atoms with Gasteiger partial charge in [0.05, 0.1) is 6.61 Å². The second-order valence-electron chi connectivity index (χ2n) is 5.07. The van der Waals surface area contributed by atoms with E-state index < -0.39 is 0 Å². The fourth-order valence-electron chi connectivity index (χ4n) is 2.17. The molecule has 116 valence electrons. The summed E-state index contributed by atoms with van der Waals surface area (Å²) in [5.41, 5.74) is 3.20. The van der Waals surface area contributed by atoms with Gasteiger partial charge in [-0.1, -0.05) is 24.3 Å². The summed E-state index contributed by atoms with van der Waals surface area (Å²) in [6.45, 7) is 1.58. The fraction of sp³-hybridized carbons (Fsp3) is 0.294. The molecule has 5 nitrogen and oxygen atoms in total. The molecule has 1 aromatic carbocycles. The summed E-state index contributed by atoms with van der Waals surface area (Å²) in [6, 6.07) is 11.6. The number of hydrogen-bond acceptors (Lipinski definition) is 3. The molecule has 0 aliphatic rings. The highest BCUT2D eigenvalue weighted by Crippen LogP contribution is 2.10. The molecule has 1 N–H and O–H groups in total. The minimum Gasteiger partial charge on any atom is -0.380 e. The van der Waals surface area contributed by atoms with Crippen molar-refractivity contribution in [1.29, 1.82) is 0 Å². The highest BCUT2D eigenvalue weighted by Gasteiger charge is 2.09. The topological polar surface area (TPSA) is 54.5 Å². The van der Waals surface area contributed by atoms with E-state index in [9.17, 15) is 4.79 Å². The second kappa shape index (κ2) is 8.14. The van der Waals surface area contributed by atoms with Crippen LogP contribution >= 0.6 is 0 Å². The first-order chi connectivity index (χ1) is 10.7. The van der Waals surface area contributed by atoms with Gasteiger partial charge < -0.3 is 15.0 Å². The molecule has 1 heterocycles. The Balaban J connectivity index is 1.89. The lowest BCUT2D eigenvalue weighted by molar-refractivity contribution is 0.183. The Labute approximate surface area is 130 Å². The summed E-state index contributed by atoms with van der Waals surface area (Å²) in [5.74, 6) is 0. The van der Waals surface area contributed by atoms with Crippen molar-refractivity contribution >= 4 is 6.03 Å². The highest BCUT2D eigenvalue weighted by atomic mass is 16.5. The molecule has 0 aliphatic heterocycles. The average Bonchev–Trinajstić information content (AvgIpc) is 2.55. The SMILES string of the molecule is COCc1ccccc1CNC(=O)N(C)Cc1ccncc1. The summed E-state index contributed by atoms with van der Waals surface area (Å²) >= 11 is 0. The number of hydrogen-bond donors (Lipinski definition) is 1. The van der Waals surface area contributed by atoms with E-state index in [1.807, 2.05) is 36.4 Å². The van der Waals surface area contributed by atoms with Crippen LogP contribution < -0.4 is 5.32 Å². The van der Waals surface area contributed by atoms with E-state index in [0.717, 1.165) is 16.7 Å². The van der Waals surface area contributed by atoms with Crippen LogP contribution in [0.2, 0.25) is 0 Å². The standard InChI is InChI=1S/C17H21N3O2/c1-20(12-14-7-9-18-10-8-14)17(21)19-11-15-5-3-4-6-16(15)13-22-2/h3-10H,11-13H2,1-2H3,(H,19,21). The fourth-order valence-corrected chi connectivity index (χ4v) is 2.17. The largest absolute Gasteiger partial charge is 0.380 e. The second-order valence-corrected chi connectivity index (χ2v) is 5.07. The molecule has 2 amide bonds. The lowest BCUT2D eigenvalue weighted by atomic mass is 10.1. The van der Waals surface area contributed by atoms with E-state index in [0.29, 0.717) is 19.7 Å². The Morgan fingerprint density at radius 3 is 2.55 bits per heavy atom. The first-order valence-electron chi connectivity index (χ1n) is 7.14. The number of nitrogens with one attached hydrogen (secondary N) is 1. The molecule has 0 unspecified atom stereocenters. The van der Waals surface area contributed by atoms with Crippen molar-refractivity contribution in [2.24, 2.45) is 0 Å². The summed E-state index contributed by atoms with van der Waals surface area (Å²) in [6.07, 6.45) is 3.45. The van der Waals surface area contributed by atoms with Crippen LogP contribution in [-0.4, -0.2) is 30.1 Å². The zero-order chi connectivity index (χ0) is 15.8. The number of amides is 2. The summed E-state index contributed by atoms with van der Waals surface area (Å²) in [7, 11) is 3.44. The average molecular weight is 299 g/mol. The van der Waals surface area contributed by atoms with Crippen molar-refractivity contribution in [3.63, 3.8) is 0 Å². The number of nitrogens with zero attached hydrogens (tertiary/aromatic N) is 2. The minimum absolute atomic E-state index is 0.107. The van der Waals surface area contributed by atoms with Crippen molar-refractivity contribution < 1.29 is 9.53 Å². The molecule has 0 spiro atoms. The van der Waals surface area contributed by atoms with Gasteiger partial charge in [-0.3, -0.25) is 4.98 Å². The van der Waals surface area contributed by atoms with Gasteiger partial charge in [0.1, 0.15) is 0 Å². The number of carbonyl (C=O) groups excluding carboxylic acids is 1. The van der Waals surface area contributed by atoms with E-state index in [2.05, 4.69) is 10.3 Å². The quantitative estimate of drug-likeness (QED) is 0.892. The number of ether oxygens (including phenoxy) is 1. The van der Waals surface area contributed by atoms with Crippen molar-refractivity contribution in [3.05, 3.63) is 65.5 Å². The lowest BCUT2D eigenvalue weighted by Gasteiger charge is -2.18. The monoisotopic (exact) mass is 299 g/mol. The molecule has 0 bridgehead atoms. The Bertz CT molecular complexity index is 602. The molecular weight excluding hydrogens is 278 g/mol. The third kappa shape index (κ3) is 4.56. The van der Waals surface area contributed by atoms with E-state index >= 15 is 0 Å². The predicted octanol–water partition coefficient (Wildman–Crippen LogP) is 2.57. The maximum absolute atomic E-state index is 12.2. The smallest absolute Gasteiger partial charge is 0.317 e. The Morgan fingerprint density at radius 1 is 1.18 bits per heavy atom. The zero-order valence-corrected chi connectivity index (χ0v) is 13.0. The third-order valence-corrected chi connectivity index (χ3v) is 3.36. The van der Waals surface area contributed by atoms with Gasteiger partial charge in [0.15, 0.2) is 0 Å². The van der Waals surface area contributed by atoms with Crippen LogP contribution in [0, 0.1) is 0 Å². The van der Waals surface area contributed by atoms with Crippen LogP contribution in [0.1, 0.15) is 16.7 Å². The maximum Gasteiger partial charge on any atom is 0.317 e. The van der Waals surface area contributed by atoms with E-state index in [1.54, 1.807) is 31.5 Å². The third-order valence-electron chi connectivity index (χ3n) is 3.36. The Kier molecular flexibility index (Phi) is 5.91. The first-order valence-corrected chi connectivity index (χ1v) is 7.14. The predicted molar refractivity (Wildman–Crippen MR) is 85.1 cm³/mol. The first kappa shape index (κ1) is 16.0. The molecule has 0 radical (unpaired) electrons. The van der Waals surface area contributed by atoms with Gasteiger partial charge in [-0.05, 0) is 28.8 Å². The normalized spacial score (nSPS) is 10.3. The van der Waals surface area contributed by atoms with Gasteiger partial charge in [0, 0.05) is 39.6 Å². The van der Waals surface area contributed by atoms with Crippen molar-refractivity contribution in [3.8, 4) is 0 Å². The molecular formula is C17H21N3O2. The van der Waals surface area contributed by atoms with Crippen molar-refractivity contribution in [2.75, 3.05) is 14.2 Å². The molecule has 0 saturated heterocycles. The molecule has 0 atom stereocenters. The number of aromatic nitrogens is 1.